The Bertz CT molecular complexity index is 569. The van der Waals surface area contributed by atoms with Crippen LogP contribution in [0.25, 0.3) is 0 Å². The molecule has 22 heavy (non-hydrogen) atoms. The molecular weight excluding hydrogens is 307 g/mol. The number of halogens is 2. The van der Waals surface area contributed by atoms with E-state index in [1.165, 1.54) is 18.2 Å². The summed E-state index contributed by atoms with van der Waals surface area (Å²) in [6.07, 6.45) is 0.529. The first-order valence-electron chi connectivity index (χ1n) is 7.40. The van der Waals surface area contributed by atoms with Crippen LogP contribution in [0.4, 0.5) is 4.39 Å². The minimum absolute atomic E-state index is 0.0587. The molecule has 1 saturated heterocycles. The van der Waals surface area contributed by atoms with Crippen LogP contribution >= 0.6 is 11.6 Å². The van der Waals surface area contributed by atoms with Gasteiger partial charge in [-0.2, -0.15) is 0 Å². The van der Waals surface area contributed by atoms with Crippen LogP contribution in [0.3, 0.4) is 0 Å². The van der Waals surface area contributed by atoms with Gasteiger partial charge in [0, 0.05) is 38.2 Å². The molecule has 0 aromatic heterocycles. The molecule has 0 saturated carbocycles. The van der Waals surface area contributed by atoms with Gasteiger partial charge in [-0.25, -0.2) is 4.39 Å². The van der Waals surface area contributed by atoms with Gasteiger partial charge in [0.1, 0.15) is 5.82 Å². The average Bonchev–Trinajstić information content (AvgIpc) is 2.49. The fourth-order valence-corrected chi connectivity index (χ4v) is 2.63. The summed E-state index contributed by atoms with van der Waals surface area (Å²) in [4.78, 5) is 27.8. The Hall–Kier alpha value is -1.62. The molecule has 2 amide bonds. The van der Waals surface area contributed by atoms with Crippen molar-refractivity contribution in [1.82, 2.24) is 9.80 Å². The Kier molecular flexibility index (Phi) is 5.40. The van der Waals surface area contributed by atoms with Crippen LogP contribution in [0, 0.1) is 11.7 Å². The number of rotatable bonds is 3. The van der Waals surface area contributed by atoms with Gasteiger partial charge in [-0.1, -0.05) is 25.4 Å². The van der Waals surface area contributed by atoms with Gasteiger partial charge in [-0.15, -0.1) is 0 Å². The van der Waals surface area contributed by atoms with Crippen LogP contribution in [-0.4, -0.2) is 47.8 Å². The number of nitrogens with zero attached hydrogens (tertiary/aromatic N) is 2. The van der Waals surface area contributed by atoms with E-state index in [0.717, 1.165) is 0 Å². The third kappa shape index (κ3) is 3.97. The zero-order chi connectivity index (χ0) is 16.3. The lowest BCUT2D eigenvalue weighted by atomic mass is 10.1. The predicted molar refractivity (Wildman–Crippen MR) is 83.3 cm³/mol. The van der Waals surface area contributed by atoms with E-state index in [9.17, 15) is 14.0 Å². The number of piperazine rings is 1. The van der Waals surface area contributed by atoms with Crippen molar-refractivity contribution in [3.05, 3.63) is 34.6 Å². The van der Waals surface area contributed by atoms with E-state index in [0.29, 0.717) is 44.1 Å². The second-order valence-corrected chi connectivity index (χ2v) is 6.31. The van der Waals surface area contributed by atoms with Crippen LogP contribution in [-0.2, 0) is 4.79 Å². The smallest absolute Gasteiger partial charge is 0.254 e. The molecule has 0 aliphatic carbocycles. The van der Waals surface area contributed by atoms with Gasteiger partial charge in [0.2, 0.25) is 5.91 Å². The maximum atomic E-state index is 13.1. The Balaban J connectivity index is 1.95. The molecule has 0 atom stereocenters. The lowest BCUT2D eigenvalue weighted by Gasteiger charge is -2.35. The van der Waals surface area contributed by atoms with Gasteiger partial charge in [0.05, 0.1) is 5.02 Å². The van der Waals surface area contributed by atoms with Crippen molar-refractivity contribution in [3.8, 4) is 0 Å². The van der Waals surface area contributed by atoms with Crippen molar-refractivity contribution in [2.45, 2.75) is 20.3 Å². The summed E-state index contributed by atoms with van der Waals surface area (Å²) < 4.78 is 13.1. The van der Waals surface area contributed by atoms with E-state index in [1.807, 2.05) is 13.8 Å². The van der Waals surface area contributed by atoms with Crippen molar-refractivity contribution in [2.24, 2.45) is 5.92 Å². The van der Waals surface area contributed by atoms with Crippen LogP contribution in [0.15, 0.2) is 18.2 Å². The normalized spacial score (nSPS) is 15.3. The summed E-state index contributed by atoms with van der Waals surface area (Å²) in [5.74, 6) is -0.263. The SMILES string of the molecule is CC(C)CC(=O)N1CCN(C(=O)c2ccc(F)c(Cl)c2)CC1. The molecule has 2 rings (SSSR count). The monoisotopic (exact) mass is 326 g/mol. The van der Waals surface area contributed by atoms with Crippen LogP contribution in [0.2, 0.25) is 5.02 Å². The zero-order valence-corrected chi connectivity index (χ0v) is 13.6. The average molecular weight is 327 g/mol. The van der Waals surface area contributed by atoms with Crippen LogP contribution in [0.5, 0.6) is 0 Å². The third-order valence-corrected chi connectivity index (χ3v) is 3.96. The van der Waals surface area contributed by atoms with Crippen molar-refractivity contribution >= 4 is 23.4 Å². The molecule has 120 valence electrons. The highest BCUT2D eigenvalue weighted by molar-refractivity contribution is 6.31. The highest BCUT2D eigenvalue weighted by Crippen LogP contribution is 2.18. The number of hydrogen-bond acceptors (Lipinski definition) is 2. The second-order valence-electron chi connectivity index (χ2n) is 5.90. The number of amides is 2. The maximum Gasteiger partial charge on any atom is 0.254 e. The topological polar surface area (TPSA) is 40.6 Å². The Morgan fingerprint density at radius 3 is 2.32 bits per heavy atom. The van der Waals surface area contributed by atoms with Crippen molar-refractivity contribution in [3.63, 3.8) is 0 Å². The van der Waals surface area contributed by atoms with E-state index in [4.69, 9.17) is 11.6 Å². The summed E-state index contributed by atoms with van der Waals surface area (Å²) in [7, 11) is 0. The molecule has 4 nitrogen and oxygen atoms in total. The second kappa shape index (κ2) is 7.09. The molecule has 1 heterocycles. The summed E-state index contributed by atoms with van der Waals surface area (Å²) in [6.45, 7) is 6.06. The highest BCUT2D eigenvalue weighted by Gasteiger charge is 2.25. The van der Waals surface area contributed by atoms with E-state index in [2.05, 4.69) is 0 Å². The first-order chi connectivity index (χ1) is 10.4. The van der Waals surface area contributed by atoms with Gasteiger partial charge in [0.25, 0.3) is 5.91 Å². The van der Waals surface area contributed by atoms with Crippen LogP contribution in [0.1, 0.15) is 30.6 Å². The van der Waals surface area contributed by atoms with Gasteiger partial charge < -0.3 is 9.80 Å². The molecular formula is C16H20ClFN2O2. The Labute approximate surface area is 134 Å². The number of hydrogen-bond donors (Lipinski definition) is 0. The molecule has 0 radical (unpaired) electrons. The Morgan fingerprint density at radius 2 is 1.77 bits per heavy atom. The van der Waals surface area contributed by atoms with Gasteiger partial charge in [-0.05, 0) is 24.1 Å². The first kappa shape index (κ1) is 16.7. The minimum atomic E-state index is -0.540. The maximum absolute atomic E-state index is 13.1. The van der Waals surface area contributed by atoms with Crippen LogP contribution < -0.4 is 0 Å². The molecule has 1 aliphatic rings. The predicted octanol–water partition coefficient (Wildman–Crippen LogP) is 2.81. The van der Waals surface area contributed by atoms with E-state index in [1.54, 1.807) is 9.80 Å². The summed E-state index contributed by atoms with van der Waals surface area (Å²) >= 11 is 5.71. The van der Waals surface area contributed by atoms with Gasteiger partial charge >= 0.3 is 0 Å². The summed E-state index contributed by atoms with van der Waals surface area (Å²) in [5, 5.41) is -0.0587. The van der Waals surface area contributed by atoms with Crippen molar-refractivity contribution in [1.29, 1.82) is 0 Å². The largest absolute Gasteiger partial charge is 0.339 e. The molecule has 0 N–H and O–H groups in total. The number of benzene rings is 1. The Morgan fingerprint density at radius 1 is 1.18 bits per heavy atom. The number of carbonyl (C=O) groups excluding carboxylic acids is 2. The van der Waals surface area contributed by atoms with Gasteiger partial charge in [-0.3, -0.25) is 9.59 Å². The molecule has 1 aliphatic heterocycles. The standard InChI is InChI=1S/C16H20ClFN2O2/c1-11(2)9-15(21)19-5-7-20(8-6-19)16(22)12-3-4-14(18)13(17)10-12/h3-4,10-11H,5-9H2,1-2H3. The minimum Gasteiger partial charge on any atom is -0.339 e. The lowest BCUT2D eigenvalue weighted by Crippen LogP contribution is -2.50. The zero-order valence-electron chi connectivity index (χ0n) is 12.8. The fourth-order valence-electron chi connectivity index (χ4n) is 2.45. The highest BCUT2D eigenvalue weighted by atomic mass is 35.5. The first-order valence-corrected chi connectivity index (χ1v) is 7.78. The molecule has 6 heteroatoms. The summed E-state index contributed by atoms with van der Waals surface area (Å²) in [6, 6.07) is 3.97. The van der Waals surface area contributed by atoms with Crippen molar-refractivity contribution < 1.29 is 14.0 Å². The van der Waals surface area contributed by atoms with Gasteiger partial charge in [0.15, 0.2) is 0 Å². The van der Waals surface area contributed by atoms with E-state index < -0.39 is 5.82 Å². The van der Waals surface area contributed by atoms with Crippen molar-refractivity contribution in [2.75, 3.05) is 26.2 Å². The molecule has 0 unspecified atom stereocenters. The molecule has 1 aromatic carbocycles. The fraction of sp³-hybridized carbons (Fsp3) is 0.500. The molecule has 1 aromatic rings. The molecule has 1 fully saturated rings. The van der Waals surface area contributed by atoms with E-state index >= 15 is 0 Å². The summed E-state index contributed by atoms with van der Waals surface area (Å²) in [5.41, 5.74) is 0.369. The quantitative estimate of drug-likeness (QED) is 0.857. The lowest BCUT2D eigenvalue weighted by molar-refractivity contribution is -0.133. The molecule has 0 spiro atoms. The third-order valence-electron chi connectivity index (χ3n) is 3.67. The molecule has 0 bridgehead atoms. The van der Waals surface area contributed by atoms with E-state index in [-0.39, 0.29) is 16.8 Å². The number of carbonyl (C=O) groups is 2.